The first kappa shape index (κ1) is 25.6. The van der Waals surface area contributed by atoms with Crippen LogP contribution in [-0.4, -0.2) is 25.0 Å². The molecule has 0 saturated heterocycles. The fourth-order valence-electron chi connectivity index (χ4n) is 4.08. The van der Waals surface area contributed by atoms with E-state index in [2.05, 4.69) is 0 Å². The number of hydrogen-bond donors (Lipinski definition) is 2. The van der Waals surface area contributed by atoms with E-state index in [9.17, 15) is 10.0 Å². The lowest BCUT2D eigenvalue weighted by atomic mass is 9.81. The molecule has 4 rings (SSSR count). The molecule has 0 fully saturated rings. The Morgan fingerprint density at radius 1 is 0.571 bits per heavy atom. The minimum absolute atomic E-state index is 0.196. The van der Waals surface area contributed by atoms with Gasteiger partial charge in [0.15, 0.2) is 0 Å². The van der Waals surface area contributed by atoms with Crippen molar-refractivity contribution in [2.24, 2.45) is 0 Å². The normalized spacial score (nSPS) is 12.7. The minimum Gasteiger partial charge on any atom is -0.451 e. The van der Waals surface area contributed by atoms with Gasteiger partial charge in [0.1, 0.15) is 0 Å². The highest BCUT2D eigenvalue weighted by atomic mass is 35.5. The van der Waals surface area contributed by atoms with Gasteiger partial charge in [0.05, 0.1) is 12.0 Å². The standard InChI is InChI=1S/C28H26B2Cl2O3/c1-17-15-23(11-13-25(17)31)19-3-7-21(8-4-19)27(29-33)35-28(30-34)22-9-5-20(6-10-22)24-12-14-26(32)18(2)16-24/h3-16,27-30,33-34H,1-2H3. The Kier molecular flexibility index (Phi) is 8.38. The molecule has 0 bridgehead atoms. The summed E-state index contributed by atoms with van der Waals surface area (Å²) in [5.41, 5.74) is 7.98. The number of ether oxygens (including phenoxy) is 1. The van der Waals surface area contributed by atoms with Crippen LogP contribution in [0.25, 0.3) is 22.3 Å². The molecule has 4 aromatic carbocycles. The van der Waals surface area contributed by atoms with E-state index in [1.54, 1.807) is 0 Å². The fourth-order valence-corrected chi connectivity index (χ4v) is 4.32. The summed E-state index contributed by atoms with van der Waals surface area (Å²) < 4.78 is 6.15. The zero-order valence-electron chi connectivity index (χ0n) is 19.7. The van der Waals surface area contributed by atoms with Crippen LogP contribution < -0.4 is 0 Å². The average Bonchev–Trinajstić information content (AvgIpc) is 2.88. The van der Waals surface area contributed by atoms with Gasteiger partial charge >= 0.3 is 15.0 Å². The van der Waals surface area contributed by atoms with Gasteiger partial charge in [-0.25, -0.2) is 0 Å². The van der Waals surface area contributed by atoms with E-state index in [0.29, 0.717) is 0 Å². The summed E-state index contributed by atoms with van der Waals surface area (Å²) in [5, 5.41) is 21.5. The molecule has 35 heavy (non-hydrogen) atoms. The van der Waals surface area contributed by atoms with E-state index in [1.165, 1.54) is 0 Å². The molecule has 2 unspecified atom stereocenters. The predicted octanol–water partition coefficient (Wildman–Crippen LogP) is 6.35. The maximum atomic E-state index is 10.0. The largest absolute Gasteiger partial charge is 0.451 e. The number of rotatable bonds is 8. The Bertz CT molecular complexity index is 1190. The van der Waals surface area contributed by atoms with Crippen LogP contribution >= 0.6 is 23.2 Å². The Hall–Kier alpha value is -2.53. The Morgan fingerprint density at radius 3 is 1.23 bits per heavy atom. The van der Waals surface area contributed by atoms with E-state index in [1.807, 2.05) is 98.8 Å². The van der Waals surface area contributed by atoms with Crippen molar-refractivity contribution in [2.75, 3.05) is 0 Å². The second-order valence-electron chi connectivity index (χ2n) is 8.65. The summed E-state index contributed by atoms with van der Waals surface area (Å²) >= 11 is 12.3. The summed E-state index contributed by atoms with van der Waals surface area (Å²) in [7, 11) is -0.393. The van der Waals surface area contributed by atoms with E-state index in [0.717, 1.165) is 54.6 Å². The number of aryl methyl sites for hydroxylation is 2. The molecule has 4 aromatic rings. The third kappa shape index (κ3) is 6.00. The van der Waals surface area contributed by atoms with Crippen LogP contribution in [0.3, 0.4) is 0 Å². The molecular weight excluding hydrogens is 477 g/mol. The Morgan fingerprint density at radius 2 is 0.914 bits per heavy atom. The smallest absolute Gasteiger partial charge is 0.305 e. The zero-order chi connectivity index (χ0) is 24.9. The van der Waals surface area contributed by atoms with Crippen molar-refractivity contribution in [1.82, 2.24) is 0 Å². The van der Waals surface area contributed by atoms with Crippen LogP contribution in [0.2, 0.25) is 10.0 Å². The first-order chi connectivity index (χ1) is 16.9. The molecule has 0 amide bonds. The van der Waals surface area contributed by atoms with E-state index in [4.69, 9.17) is 27.9 Å². The van der Waals surface area contributed by atoms with Crippen molar-refractivity contribution >= 4 is 38.2 Å². The highest BCUT2D eigenvalue weighted by molar-refractivity contribution is 6.31. The quantitative estimate of drug-likeness (QED) is 0.276. The van der Waals surface area contributed by atoms with Crippen LogP contribution in [0.4, 0.5) is 0 Å². The van der Waals surface area contributed by atoms with Gasteiger partial charge in [-0.1, -0.05) is 83.9 Å². The maximum Gasteiger partial charge on any atom is 0.305 e. The van der Waals surface area contributed by atoms with Crippen LogP contribution in [0, 0.1) is 13.8 Å². The van der Waals surface area contributed by atoms with Crippen molar-refractivity contribution in [3.63, 3.8) is 0 Å². The number of halogens is 2. The van der Waals surface area contributed by atoms with Crippen LogP contribution in [-0.2, 0) is 4.74 Å². The molecule has 0 radical (unpaired) electrons. The second-order valence-corrected chi connectivity index (χ2v) is 9.46. The van der Waals surface area contributed by atoms with E-state index in [-0.39, 0.29) is 15.0 Å². The van der Waals surface area contributed by atoms with E-state index >= 15 is 0 Å². The summed E-state index contributed by atoms with van der Waals surface area (Å²) in [6.07, 6.45) is 0. The third-order valence-electron chi connectivity index (χ3n) is 6.21. The molecule has 2 atom stereocenters. The Labute approximate surface area is 217 Å². The molecule has 0 aromatic heterocycles. The minimum atomic E-state index is -0.563. The zero-order valence-corrected chi connectivity index (χ0v) is 21.2. The van der Waals surface area contributed by atoms with Gasteiger partial charge in [-0.2, -0.15) is 0 Å². The molecule has 0 heterocycles. The molecule has 0 aliphatic carbocycles. The number of benzene rings is 4. The SMILES string of the molecule is Cc1cc(-c2ccc(C(BO)OC(BO)c3ccc(-c4ccc(Cl)c(C)c4)cc3)cc2)ccc1Cl. The number of hydrogen-bond acceptors (Lipinski definition) is 3. The van der Waals surface area contributed by atoms with Crippen molar-refractivity contribution < 1.29 is 14.8 Å². The van der Waals surface area contributed by atoms with Crippen molar-refractivity contribution in [2.45, 2.75) is 25.9 Å². The monoisotopic (exact) mass is 502 g/mol. The van der Waals surface area contributed by atoms with Crippen LogP contribution in [0.1, 0.15) is 34.3 Å². The first-order valence-electron chi connectivity index (χ1n) is 11.5. The average molecular weight is 503 g/mol. The topological polar surface area (TPSA) is 49.7 Å². The highest BCUT2D eigenvalue weighted by Gasteiger charge is 2.21. The fraction of sp³-hybridized carbons (Fsp3) is 0.143. The lowest BCUT2D eigenvalue weighted by Gasteiger charge is -2.22. The second kappa shape index (κ2) is 11.5. The predicted molar refractivity (Wildman–Crippen MR) is 149 cm³/mol. The van der Waals surface area contributed by atoms with Crippen LogP contribution in [0.5, 0.6) is 0 Å². The Balaban J connectivity index is 1.49. The first-order valence-corrected chi connectivity index (χ1v) is 12.3. The molecule has 3 nitrogen and oxygen atoms in total. The van der Waals surface area contributed by atoms with Crippen molar-refractivity contribution in [3.8, 4) is 22.3 Å². The van der Waals surface area contributed by atoms with Gasteiger partial charge in [-0.15, -0.1) is 0 Å². The molecule has 176 valence electrons. The van der Waals surface area contributed by atoms with Crippen molar-refractivity contribution in [1.29, 1.82) is 0 Å². The molecular formula is C28H26B2Cl2O3. The molecule has 0 aliphatic heterocycles. The lowest BCUT2D eigenvalue weighted by molar-refractivity contribution is 0.0641. The summed E-state index contributed by atoms with van der Waals surface area (Å²) in [5.74, 6) is 0. The van der Waals surface area contributed by atoms with Gasteiger partial charge in [0.25, 0.3) is 0 Å². The summed E-state index contributed by atoms with van der Waals surface area (Å²) in [4.78, 5) is 0. The van der Waals surface area contributed by atoms with E-state index < -0.39 is 12.0 Å². The van der Waals surface area contributed by atoms with Crippen LogP contribution in [0.15, 0.2) is 84.9 Å². The highest BCUT2D eigenvalue weighted by Crippen LogP contribution is 2.31. The maximum absolute atomic E-state index is 10.0. The third-order valence-corrected chi connectivity index (χ3v) is 7.06. The summed E-state index contributed by atoms with van der Waals surface area (Å²) in [6, 6.07) is 26.5. The molecule has 0 saturated carbocycles. The molecule has 0 spiro atoms. The molecule has 0 aliphatic rings. The van der Waals surface area contributed by atoms with Gasteiger partial charge in [-0.05, 0) is 82.6 Å². The van der Waals surface area contributed by atoms with Gasteiger partial charge < -0.3 is 14.8 Å². The lowest BCUT2D eigenvalue weighted by Crippen LogP contribution is -2.20. The van der Waals surface area contributed by atoms with Gasteiger partial charge in [0.2, 0.25) is 0 Å². The molecule has 2 N–H and O–H groups in total. The van der Waals surface area contributed by atoms with Gasteiger partial charge in [0, 0.05) is 10.0 Å². The summed E-state index contributed by atoms with van der Waals surface area (Å²) in [6.45, 7) is 3.96. The molecule has 7 heteroatoms. The van der Waals surface area contributed by atoms with Crippen molar-refractivity contribution in [3.05, 3.63) is 117 Å². The van der Waals surface area contributed by atoms with Gasteiger partial charge in [-0.3, -0.25) is 0 Å².